The molecule has 0 amide bonds. The van der Waals surface area contributed by atoms with Crippen LogP contribution < -0.4 is 0 Å². The van der Waals surface area contributed by atoms with Gasteiger partial charge in [-0.2, -0.15) is 0 Å². The van der Waals surface area contributed by atoms with Crippen LogP contribution in [0.5, 0.6) is 0 Å². The van der Waals surface area contributed by atoms with Crippen molar-refractivity contribution in [3.63, 3.8) is 0 Å². The van der Waals surface area contributed by atoms with Crippen molar-refractivity contribution >= 4 is 50.8 Å². The smallest absolute Gasteiger partial charge is 0.0234 e. The lowest BCUT2D eigenvalue weighted by atomic mass is 9.63. The molecule has 2 heteroatoms. The molecule has 1 aromatic carbocycles. The van der Waals surface area contributed by atoms with Crippen molar-refractivity contribution in [3.05, 3.63) is 50.6 Å². The maximum atomic E-state index is 2.69. The molecule has 3 unspecified atom stereocenters. The average Bonchev–Trinajstić information content (AvgIpc) is 2.47. The van der Waals surface area contributed by atoms with Crippen LogP contribution in [-0.2, 0) is 0 Å². The van der Waals surface area contributed by atoms with E-state index in [2.05, 4.69) is 82.5 Å². The fourth-order valence-corrected chi connectivity index (χ4v) is 5.62. The van der Waals surface area contributed by atoms with Crippen LogP contribution >= 0.6 is 45.2 Å². The Labute approximate surface area is 154 Å². The van der Waals surface area contributed by atoms with Crippen LogP contribution in [0.4, 0.5) is 0 Å². The topological polar surface area (TPSA) is 0 Å². The molecule has 4 rings (SSSR count). The van der Waals surface area contributed by atoms with Gasteiger partial charge in [-0.3, -0.25) is 0 Å². The molecule has 0 bridgehead atoms. The summed E-state index contributed by atoms with van der Waals surface area (Å²) >= 11 is 5.16. The molecule has 3 aliphatic carbocycles. The van der Waals surface area contributed by atoms with Crippen LogP contribution in [0.2, 0.25) is 0 Å². The number of hydrogen-bond acceptors (Lipinski definition) is 0. The molecule has 0 heterocycles. The molecule has 0 saturated carbocycles. The molecule has 0 fully saturated rings. The number of fused-ring (bicyclic) bond motifs is 5. The van der Waals surface area contributed by atoms with Crippen molar-refractivity contribution in [3.8, 4) is 0 Å². The summed E-state index contributed by atoms with van der Waals surface area (Å²) in [6, 6.07) is 7.14. The third-order valence-electron chi connectivity index (χ3n) is 5.40. The first-order valence-electron chi connectivity index (χ1n) is 7.92. The highest BCUT2D eigenvalue weighted by molar-refractivity contribution is 14.1. The molecular formula is C19H20I2. The number of alkyl halides is 1. The van der Waals surface area contributed by atoms with Gasteiger partial charge in [0.15, 0.2) is 0 Å². The van der Waals surface area contributed by atoms with E-state index in [0.717, 1.165) is 5.92 Å². The van der Waals surface area contributed by atoms with Crippen LogP contribution in [0.1, 0.15) is 56.1 Å². The lowest BCUT2D eigenvalue weighted by Crippen LogP contribution is -2.30. The summed E-state index contributed by atoms with van der Waals surface area (Å²) in [6.07, 6.45) is 11.4. The zero-order valence-corrected chi connectivity index (χ0v) is 16.6. The number of benzene rings is 1. The summed E-state index contributed by atoms with van der Waals surface area (Å²) in [4.78, 5) is 0. The Kier molecular flexibility index (Phi) is 3.76. The van der Waals surface area contributed by atoms with E-state index >= 15 is 0 Å². The van der Waals surface area contributed by atoms with Crippen LogP contribution in [-0.4, -0.2) is 3.42 Å². The van der Waals surface area contributed by atoms with Gasteiger partial charge in [0.2, 0.25) is 0 Å². The Balaban J connectivity index is 1.92. The van der Waals surface area contributed by atoms with E-state index in [1.165, 1.54) is 35.7 Å². The van der Waals surface area contributed by atoms with Gasteiger partial charge in [0.25, 0.3) is 0 Å². The molecule has 3 aliphatic rings. The van der Waals surface area contributed by atoms with E-state index in [-0.39, 0.29) is 0 Å². The van der Waals surface area contributed by atoms with Crippen LogP contribution in [0.25, 0.3) is 5.57 Å². The van der Waals surface area contributed by atoms with E-state index < -0.39 is 0 Å². The molecule has 3 atom stereocenters. The van der Waals surface area contributed by atoms with Gasteiger partial charge in [0, 0.05) is 12.9 Å². The predicted octanol–water partition coefficient (Wildman–Crippen LogP) is 6.49. The van der Waals surface area contributed by atoms with Gasteiger partial charge < -0.3 is 0 Å². The second kappa shape index (κ2) is 5.36. The van der Waals surface area contributed by atoms with Crippen molar-refractivity contribution < 1.29 is 0 Å². The Morgan fingerprint density at radius 1 is 1.29 bits per heavy atom. The normalized spacial score (nSPS) is 34.2. The monoisotopic (exact) mass is 502 g/mol. The molecular weight excluding hydrogens is 482 g/mol. The Bertz CT molecular complexity index is 652. The van der Waals surface area contributed by atoms with E-state index in [1.54, 1.807) is 22.3 Å². The summed E-state index contributed by atoms with van der Waals surface area (Å²) in [5.74, 6) is 1.40. The van der Waals surface area contributed by atoms with Gasteiger partial charge in [0.1, 0.15) is 0 Å². The summed E-state index contributed by atoms with van der Waals surface area (Å²) < 4.78 is 1.84. The van der Waals surface area contributed by atoms with Crippen molar-refractivity contribution in [2.45, 2.75) is 48.4 Å². The quantitative estimate of drug-likeness (QED) is 0.216. The van der Waals surface area contributed by atoms with Crippen molar-refractivity contribution in [1.29, 1.82) is 0 Å². The minimum atomic E-state index is 0.452. The summed E-state index contributed by atoms with van der Waals surface area (Å²) in [6.45, 7) is 2.43. The minimum absolute atomic E-state index is 0.452. The SMILES string of the molecule is CC1(I)CCC2=C(C1)C1C=CCCC1c1cc(I)ccc12. The molecule has 0 saturated heterocycles. The Hall–Kier alpha value is 0.160. The van der Waals surface area contributed by atoms with Crippen molar-refractivity contribution in [2.24, 2.45) is 5.92 Å². The van der Waals surface area contributed by atoms with Crippen LogP contribution in [0, 0.1) is 9.49 Å². The fourth-order valence-electron chi connectivity index (χ4n) is 4.42. The van der Waals surface area contributed by atoms with E-state index in [4.69, 9.17) is 0 Å². The second-order valence-corrected chi connectivity index (χ2v) is 10.8. The fraction of sp³-hybridized carbons (Fsp3) is 0.474. The molecule has 0 N–H and O–H groups in total. The lowest BCUT2D eigenvalue weighted by Gasteiger charge is -2.43. The molecule has 110 valence electrons. The predicted molar refractivity (Wildman–Crippen MR) is 107 cm³/mol. The third-order valence-corrected chi connectivity index (χ3v) is 7.00. The molecule has 0 aromatic heterocycles. The highest BCUT2D eigenvalue weighted by Gasteiger charge is 2.40. The van der Waals surface area contributed by atoms with Gasteiger partial charge in [-0.1, -0.05) is 53.3 Å². The number of hydrogen-bond donors (Lipinski definition) is 0. The Morgan fingerprint density at radius 3 is 3.00 bits per heavy atom. The summed E-state index contributed by atoms with van der Waals surface area (Å²) in [5.41, 5.74) is 6.65. The first-order chi connectivity index (χ1) is 10.1. The van der Waals surface area contributed by atoms with Gasteiger partial charge in [0.05, 0.1) is 0 Å². The maximum absolute atomic E-state index is 2.69. The summed E-state index contributed by atoms with van der Waals surface area (Å²) in [5, 5.41) is 0. The molecule has 0 radical (unpaired) electrons. The largest absolute Gasteiger partial charge is 0.0879 e. The van der Waals surface area contributed by atoms with Crippen LogP contribution in [0.15, 0.2) is 35.9 Å². The zero-order valence-electron chi connectivity index (χ0n) is 12.3. The highest BCUT2D eigenvalue weighted by atomic mass is 127. The number of rotatable bonds is 0. The van der Waals surface area contributed by atoms with Crippen LogP contribution in [0.3, 0.4) is 0 Å². The first kappa shape index (κ1) is 14.7. The first-order valence-corrected chi connectivity index (χ1v) is 10.1. The highest BCUT2D eigenvalue weighted by Crippen LogP contribution is 2.54. The van der Waals surface area contributed by atoms with E-state index in [1.807, 2.05) is 0 Å². The number of halogens is 2. The van der Waals surface area contributed by atoms with Gasteiger partial charge in [-0.15, -0.1) is 0 Å². The van der Waals surface area contributed by atoms with Crippen molar-refractivity contribution in [2.75, 3.05) is 0 Å². The average molecular weight is 502 g/mol. The molecule has 0 spiro atoms. The Morgan fingerprint density at radius 2 is 2.14 bits per heavy atom. The van der Waals surface area contributed by atoms with Gasteiger partial charge >= 0.3 is 0 Å². The number of allylic oxidation sites excluding steroid dienone is 4. The van der Waals surface area contributed by atoms with Gasteiger partial charge in [-0.05, 0) is 89.4 Å². The second-order valence-electron chi connectivity index (χ2n) is 6.96. The summed E-state index contributed by atoms with van der Waals surface area (Å²) in [7, 11) is 0. The molecule has 0 nitrogen and oxygen atoms in total. The van der Waals surface area contributed by atoms with Gasteiger partial charge in [-0.25, -0.2) is 0 Å². The maximum Gasteiger partial charge on any atom is 0.0234 e. The minimum Gasteiger partial charge on any atom is -0.0879 e. The van der Waals surface area contributed by atoms with E-state index in [0.29, 0.717) is 9.34 Å². The van der Waals surface area contributed by atoms with E-state index in [9.17, 15) is 0 Å². The third kappa shape index (κ3) is 2.54. The molecule has 0 aliphatic heterocycles. The molecule has 1 aromatic rings. The standard InChI is InChI=1S/C19H20I2/c1-19(21)9-8-16-15-7-6-12(20)10-17(15)13-4-2-3-5-14(13)18(16)11-19/h3,5-7,10,13-14H,2,4,8-9,11H2,1H3. The molecule has 21 heavy (non-hydrogen) atoms. The lowest BCUT2D eigenvalue weighted by molar-refractivity contribution is 0.458. The van der Waals surface area contributed by atoms with Crippen molar-refractivity contribution in [1.82, 2.24) is 0 Å². The zero-order chi connectivity index (χ0) is 14.6.